The Bertz CT molecular complexity index is 847. The molecule has 3 aromatic rings. The molecule has 0 radical (unpaired) electrons. The van der Waals surface area contributed by atoms with E-state index < -0.39 is 0 Å². The van der Waals surface area contributed by atoms with Crippen LogP contribution in [0.15, 0.2) is 40.9 Å². The van der Waals surface area contributed by atoms with Crippen molar-refractivity contribution in [2.75, 3.05) is 5.73 Å². The lowest BCUT2D eigenvalue weighted by Crippen LogP contribution is -2.00. The fourth-order valence-corrected chi connectivity index (χ4v) is 3.18. The molecule has 3 nitrogen and oxygen atoms in total. The van der Waals surface area contributed by atoms with Crippen molar-refractivity contribution in [3.05, 3.63) is 46.4 Å². The zero-order valence-corrected chi connectivity index (χ0v) is 13.4. The summed E-state index contributed by atoms with van der Waals surface area (Å²) in [5.41, 5.74) is 11.5. The second-order valence-electron chi connectivity index (χ2n) is 5.76. The van der Waals surface area contributed by atoms with Crippen molar-refractivity contribution in [3.8, 4) is 11.4 Å². The highest BCUT2D eigenvalue weighted by atomic mass is 79.9. The molecule has 1 saturated carbocycles. The number of rotatable bonds is 2. The van der Waals surface area contributed by atoms with Crippen LogP contribution < -0.4 is 5.73 Å². The SMILES string of the molecule is Cc1ccc2c(c1)nc(-c1cc(Br)ccc1N)n2C1CC1. The quantitative estimate of drug-likeness (QED) is 0.687. The van der Waals surface area contributed by atoms with Crippen LogP contribution in [-0.4, -0.2) is 9.55 Å². The lowest BCUT2D eigenvalue weighted by Gasteiger charge is -2.10. The van der Waals surface area contributed by atoms with Gasteiger partial charge in [-0.2, -0.15) is 0 Å². The van der Waals surface area contributed by atoms with Gasteiger partial charge in [0.1, 0.15) is 5.82 Å². The maximum Gasteiger partial charge on any atom is 0.143 e. The van der Waals surface area contributed by atoms with E-state index in [1.54, 1.807) is 0 Å². The maximum atomic E-state index is 6.19. The maximum absolute atomic E-state index is 6.19. The lowest BCUT2D eigenvalue weighted by molar-refractivity contribution is 0.775. The van der Waals surface area contributed by atoms with E-state index >= 15 is 0 Å². The smallest absolute Gasteiger partial charge is 0.143 e. The van der Waals surface area contributed by atoms with E-state index in [9.17, 15) is 0 Å². The summed E-state index contributed by atoms with van der Waals surface area (Å²) < 4.78 is 3.38. The van der Waals surface area contributed by atoms with Gasteiger partial charge in [-0.3, -0.25) is 0 Å². The first-order chi connectivity index (χ1) is 10.1. The zero-order chi connectivity index (χ0) is 14.6. The number of nitrogen functional groups attached to an aromatic ring is 1. The van der Waals surface area contributed by atoms with Crippen LogP contribution in [-0.2, 0) is 0 Å². The van der Waals surface area contributed by atoms with E-state index in [1.807, 2.05) is 12.1 Å². The van der Waals surface area contributed by atoms with Crippen molar-refractivity contribution >= 4 is 32.7 Å². The molecule has 0 amide bonds. The lowest BCUT2D eigenvalue weighted by atomic mass is 10.1. The van der Waals surface area contributed by atoms with Crippen molar-refractivity contribution in [2.24, 2.45) is 0 Å². The van der Waals surface area contributed by atoms with Crippen LogP contribution in [0.2, 0.25) is 0 Å². The Morgan fingerprint density at radius 3 is 2.76 bits per heavy atom. The largest absolute Gasteiger partial charge is 0.398 e. The van der Waals surface area contributed by atoms with Gasteiger partial charge in [-0.1, -0.05) is 22.0 Å². The van der Waals surface area contributed by atoms with Gasteiger partial charge in [0, 0.05) is 21.8 Å². The minimum Gasteiger partial charge on any atom is -0.398 e. The minimum atomic E-state index is 0.561. The zero-order valence-electron chi connectivity index (χ0n) is 11.8. The number of fused-ring (bicyclic) bond motifs is 1. The number of nitrogens with zero attached hydrogens (tertiary/aromatic N) is 2. The Kier molecular flexibility index (Phi) is 2.82. The molecule has 1 aromatic heterocycles. The average Bonchev–Trinajstić information content (AvgIpc) is 3.22. The number of anilines is 1. The van der Waals surface area contributed by atoms with Crippen molar-refractivity contribution in [2.45, 2.75) is 25.8 Å². The monoisotopic (exact) mass is 341 g/mol. The van der Waals surface area contributed by atoms with Gasteiger partial charge >= 0.3 is 0 Å². The van der Waals surface area contributed by atoms with Gasteiger partial charge in [-0.15, -0.1) is 0 Å². The Labute approximate surface area is 131 Å². The standard InChI is InChI=1S/C17H16BrN3/c1-10-2-7-16-15(8-10)20-17(21(16)12-4-5-12)13-9-11(18)3-6-14(13)19/h2-3,6-9,12H,4-5,19H2,1H3. The normalized spacial score (nSPS) is 14.8. The highest BCUT2D eigenvalue weighted by Crippen LogP contribution is 2.42. The Morgan fingerprint density at radius 2 is 2.00 bits per heavy atom. The van der Waals surface area contributed by atoms with Crippen LogP contribution in [0, 0.1) is 6.92 Å². The summed E-state index contributed by atoms with van der Waals surface area (Å²) in [4.78, 5) is 4.87. The van der Waals surface area contributed by atoms with Gasteiger partial charge < -0.3 is 10.3 Å². The van der Waals surface area contributed by atoms with E-state index in [2.05, 4.69) is 51.7 Å². The topological polar surface area (TPSA) is 43.8 Å². The predicted octanol–water partition coefficient (Wildman–Crippen LogP) is 4.69. The van der Waals surface area contributed by atoms with Gasteiger partial charge in [-0.05, 0) is 55.7 Å². The van der Waals surface area contributed by atoms with Gasteiger partial charge in [0.2, 0.25) is 0 Å². The fraction of sp³-hybridized carbons (Fsp3) is 0.235. The molecule has 1 fully saturated rings. The Balaban J connectivity index is 2.03. The van der Waals surface area contributed by atoms with Crippen LogP contribution in [0.3, 0.4) is 0 Å². The van der Waals surface area contributed by atoms with E-state index in [0.717, 1.165) is 27.1 Å². The molecule has 1 aliphatic rings. The van der Waals surface area contributed by atoms with E-state index in [0.29, 0.717) is 6.04 Å². The summed E-state index contributed by atoms with van der Waals surface area (Å²) in [5.74, 6) is 0.983. The molecule has 21 heavy (non-hydrogen) atoms. The third-order valence-electron chi connectivity index (χ3n) is 4.01. The van der Waals surface area contributed by atoms with E-state index in [-0.39, 0.29) is 0 Å². The fourth-order valence-electron chi connectivity index (χ4n) is 2.82. The number of imidazole rings is 1. The second kappa shape index (κ2) is 4.60. The van der Waals surface area contributed by atoms with Crippen molar-refractivity contribution in [1.82, 2.24) is 9.55 Å². The summed E-state index contributed by atoms with van der Waals surface area (Å²) in [5, 5.41) is 0. The summed E-state index contributed by atoms with van der Waals surface area (Å²) in [7, 11) is 0. The first-order valence-electron chi connectivity index (χ1n) is 7.17. The van der Waals surface area contributed by atoms with Gasteiger partial charge in [-0.25, -0.2) is 4.98 Å². The Hall–Kier alpha value is -1.81. The van der Waals surface area contributed by atoms with Crippen LogP contribution >= 0.6 is 15.9 Å². The molecule has 0 unspecified atom stereocenters. The van der Waals surface area contributed by atoms with Crippen LogP contribution in [0.5, 0.6) is 0 Å². The number of hydrogen-bond donors (Lipinski definition) is 1. The summed E-state index contributed by atoms with van der Waals surface area (Å²) >= 11 is 3.53. The van der Waals surface area contributed by atoms with E-state index in [1.165, 1.54) is 23.9 Å². The molecular formula is C17H16BrN3. The summed E-state index contributed by atoms with van der Waals surface area (Å²) in [6, 6.07) is 13.0. The molecule has 1 heterocycles. The molecule has 2 N–H and O–H groups in total. The van der Waals surface area contributed by atoms with Crippen molar-refractivity contribution in [1.29, 1.82) is 0 Å². The van der Waals surface area contributed by atoms with Crippen molar-refractivity contribution < 1.29 is 0 Å². The first kappa shape index (κ1) is 12.9. The number of benzene rings is 2. The number of hydrogen-bond acceptors (Lipinski definition) is 2. The highest BCUT2D eigenvalue weighted by Gasteiger charge is 2.29. The first-order valence-corrected chi connectivity index (χ1v) is 7.97. The molecule has 4 heteroatoms. The average molecular weight is 342 g/mol. The van der Waals surface area contributed by atoms with Gasteiger partial charge in [0.15, 0.2) is 0 Å². The van der Waals surface area contributed by atoms with Crippen LogP contribution in [0.4, 0.5) is 5.69 Å². The summed E-state index contributed by atoms with van der Waals surface area (Å²) in [6.45, 7) is 2.10. The summed E-state index contributed by atoms with van der Waals surface area (Å²) in [6.07, 6.45) is 2.44. The molecule has 0 atom stereocenters. The second-order valence-corrected chi connectivity index (χ2v) is 6.68. The molecule has 0 spiro atoms. The van der Waals surface area contributed by atoms with Gasteiger partial charge in [0.25, 0.3) is 0 Å². The number of aryl methyl sites for hydroxylation is 1. The Morgan fingerprint density at radius 1 is 1.19 bits per heavy atom. The van der Waals surface area contributed by atoms with Crippen LogP contribution in [0.1, 0.15) is 24.4 Å². The number of halogens is 1. The van der Waals surface area contributed by atoms with Crippen molar-refractivity contribution in [3.63, 3.8) is 0 Å². The van der Waals surface area contributed by atoms with E-state index in [4.69, 9.17) is 10.7 Å². The third-order valence-corrected chi connectivity index (χ3v) is 4.51. The molecule has 2 aromatic carbocycles. The molecular weight excluding hydrogens is 326 g/mol. The number of nitrogens with two attached hydrogens (primary N) is 1. The molecule has 4 rings (SSSR count). The number of aromatic nitrogens is 2. The molecule has 0 saturated heterocycles. The van der Waals surface area contributed by atoms with Crippen LogP contribution in [0.25, 0.3) is 22.4 Å². The molecule has 0 bridgehead atoms. The predicted molar refractivity (Wildman–Crippen MR) is 90.3 cm³/mol. The molecule has 1 aliphatic carbocycles. The minimum absolute atomic E-state index is 0.561. The molecule has 106 valence electrons. The highest BCUT2D eigenvalue weighted by molar-refractivity contribution is 9.10. The van der Waals surface area contributed by atoms with Gasteiger partial charge in [0.05, 0.1) is 11.0 Å². The molecule has 0 aliphatic heterocycles. The third kappa shape index (κ3) is 2.14.